The minimum Gasteiger partial charge on any atom is -0.493 e. The maximum Gasteiger partial charge on any atom is 0.163 e. The second-order valence-electron chi connectivity index (χ2n) is 5.58. The molecule has 1 aliphatic heterocycles. The van der Waals surface area contributed by atoms with Crippen molar-refractivity contribution in [3.63, 3.8) is 0 Å². The first-order chi connectivity index (χ1) is 11.5. The SMILES string of the molecule is CN=C(C)c1ccc(OC)c(OCC#CC2(O)CCOC(S)C2)c1. The zero-order valence-electron chi connectivity index (χ0n) is 14.2. The first-order valence-corrected chi connectivity index (χ1v) is 8.26. The molecule has 6 heteroatoms. The normalized spacial score (nSPS) is 24.0. The predicted octanol–water partition coefficient (Wildman–Crippen LogP) is 2.31. The quantitative estimate of drug-likeness (QED) is 0.498. The van der Waals surface area contributed by atoms with Gasteiger partial charge in [0.15, 0.2) is 11.5 Å². The molecule has 24 heavy (non-hydrogen) atoms. The van der Waals surface area contributed by atoms with E-state index >= 15 is 0 Å². The van der Waals surface area contributed by atoms with Crippen LogP contribution in [0.2, 0.25) is 0 Å². The molecule has 130 valence electrons. The molecule has 0 radical (unpaired) electrons. The van der Waals surface area contributed by atoms with Crippen molar-refractivity contribution in [3.8, 4) is 23.3 Å². The van der Waals surface area contributed by atoms with Crippen LogP contribution in [0.15, 0.2) is 23.2 Å². The lowest BCUT2D eigenvalue weighted by Crippen LogP contribution is -2.37. The summed E-state index contributed by atoms with van der Waals surface area (Å²) in [5.74, 6) is 6.98. The zero-order chi connectivity index (χ0) is 17.6. The van der Waals surface area contributed by atoms with Crippen LogP contribution in [-0.2, 0) is 4.74 Å². The summed E-state index contributed by atoms with van der Waals surface area (Å²) in [5, 5.41) is 10.4. The molecule has 1 heterocycles. The molecule has 2 unspecified atom stereocenters. The molecule has 0 saturated carbocycles. The smallest absolute Gasteiger partial charge is 0.163 e. The second kappa shape index (κ2) is 8.43. The van der Waals surface area contributed by atoms with Gasteiger partial charge in [0.05, 0.1) is 13.7 Å². The summed E-state index contributed by atoms with van der Waals surface area (Å²) in [6.07, 6.45) is 0.857. The fraction of sp³-hybridized carbons (Fsp3) is 0.500. The van der Waals surface area contributed by atoms with E-state index in [1.54, 1.807) is 14.2 Å². The van der Waals surface area contributed by atoms with E-state index in [0.29, 0.717) is 30.9 Å². The molecule has 2 rings (SSSR count). The third-order valence-electron chi connectivity index (χ3n) is 3.88. The van der Waals surface area contributed by atoms with Crippen LogP contribution in [0.3, 0.4) is 0 Å². The summed E-state index contributed by atoms with van der Waals surface area (Å²) in [6.45, 7) is 2.54. The zero-order valence-corrected chi connectivity index (χ0v) is 15.1. The van der Waals surface area contributed by atoms with Crippen LogP contribution in [0.4, 0.5) is 0 Å². The van der Waals surface area contributed by atoms with Gasteiger partial charge in [-0.05, 0) is 30.7 Å². The van der Waals surface area contributed by atoms with Gasteiger partial charge in [-0.1, -0.05) is 11.8 Å². The molecule has 1 aromatic carbocycles. The molecule has 0 spiro atoms. The Morgan fingerprint density at radius 3 is 2.96 bits per heavy atom. The molecule has 2 atom stereocenters. The van der Waals surface area contributed by atoms with Crippen LogP contribution in [0.25, 0.3) is 0 Å². The Hall–Kier alpha value is -1.68. The van der Waals surface area contributed by atoms with Gasteiger partial charge >= 0.3 is 0 Å². The largest absolute Gasteiger partial charge is 0.493 e. The fourth-order valence-electron chi connectivity index (χ4n) is 2.39. The van der Waals surface area contributed by atoms with E-state index in [1.165, 1.54) is 0 Å². The summed E-state index contributed by atoms with van der Waals surface area (Å²) < 4.78 is 16.3. The number of thiol groups is 1. The van der Waals surface area contributed by atoms with E-state index in [2.05, 4.69) is 29.5 Å². The van der Waals surface area contributed by atoms with Gasteiger partial charge in [0, 0.05) is 25.6 Å². The van der Waals surface area contributed by atoms with Crippen LogP contribution < -0.4 is 9.47 Å². The molecule has 5 nitrogen and oxygen atoms in total. The molecule has 1 fully saturated rings. The lowest BCUT2D eigenvalue weighted by molar-refractivity contribution is -0.0393. The minimum atomic E-state index is -1.06. The number of benzene rings is 1. The first kappa shape index (κ1) is 18.7. The molecule has 1 aromatic rings. The number of nitrogens with zero attached hydrogens (tertiary/aromatic N) is 1. The number of rotatable bonds is 4. The Labute approximate surface area is 148 Å². The maximum absolute atomic E-state index is 10.4. The highest BCUT2D eigenvalue weighted by molar-refractivity contribution is 7.80. The summed E-state index contributed by atoms with van der Waals surface area (Å²) in [4.78, 5) is 4.17. The van der Waals surface area contributed by atoms with Crippen LogP contribution in [0.5, 0.6) is 11.5 Å². The third-order valence-corrected chi connectivity index (χ3v) is 4.21. The first-order valence-electron chi connectivity index (χ1n) is 7.74. The molecule has 0 aliphatic carbocycles. The third kappa shape index (κ3) is 4.91. The summed E-state index contributed by atoms with van der Waals surface area (Å²) in [6, 6.07) is 5.64. The highest BCUT2D eigenvalue weighted by atomic mass is 32.1. The number of aliphatic hydroxyl groups is 1. The van der Waals surface area contributed by atoms with Gasteiger partial charge in [-0.2, -0.15) is 0 Å². The van der Waals surface area contributed by atoms with E-state index in [4.69, 9.17) is 14.2 Å². The van der Waals surface area contributed by atoms with Gasteiger partial charge in [-0.3, -0.25) is 4.99 Å². The van der Waals surface area contributed by atoms with Gasteiger partial charge < -0.3 is 19.3 Å². The van der Waals surface area contributed by atoms with E-state index in [1.807, 2.05) is 25.1 Å². The Bertz CT molecular complexity index is 665. The van der Waals surface area contributed by atoms with Crippen molar-refractivity contribution in [1.29, 1.82) is 0 Å². The molecular formula is C18H23NO4S. The molecular weight excluding hydrogens is 326 g/mol. The Morgan fingerprint density at radius 1 is 1.50 bits per heavy atom. The number of ether oxygens (including phenoxy) is 3. The highest BCUT2D eigenvalue weighted by Crippen LogP contribution is 2.28. The van der Waals surface area contributed by atoms with Gasteiger partial charge in [0.2, 0.25) is 0 Å². The average Bonchev–Trinajstić information content (AvgIpc) is 2.57. The Balaban J connectivity index is 2.05. The van der Waals surface area contributed by atoms with Gasteiger partial charge in [0.1, 0.15) is 17.6 Å². The Morgan fingerprint density at radius 2 is 2.29 bits per heavy atom. The number of methoxy groups -OCH3 is 1. The van der Waals surface area contributed by atoms with E-state index in [-0.39, 0.29) is 12.0 Å². The fourth-order valence-corrected chi connectivity index (χ4v) is 2.79. The molecule has 0 bridgehead atoms. The number of hydrogen-bond donors (Lipinski definition) is 2. The highest BCUT2D eigenvalue weighted by Gasteiger charge is 2.31. The maximum atomic E-state index is 10.4. The standard InChI is InChI=1S/C18H23NO4S/c1-13(19-2)14-5-6-15(21-3)16(11-14)22-9-4-7-18(20)8-10-23-17(24)12-18/h5-6,11,17,20,24H,8-10,12H2,1-3H3. The number of aliphatic imine (C=N–C) groups is 1. The van der Waals surface area contributed by atoms with Crippen molar-refractivity contribution >= 4 is 18.3 Å². The summed E-state index contributed by atoms with van der Waals surface area (Å²) >= 11 is 4.23. The lowest BCUT2D eigenvalue weighted by atomic mass is 9.95. The monoisotopic (exact) mass is 349 g/mol. The van der Waals surface area contributed by atoms with Crippen molar-refractivity contribution in [1.82, 2.24) is 0 Å². The van der Waals surface area contributed by atoms with E-state index in [9.17, 15) is 5.11 Å². The van der Waals surface area contributed by atoms with Gasteiger partial charge in [-0.25, -0.2) is 0 Å². The van der Waals surface area contributed by atoms with Crippen molar-refractivity contribution < 1.29 is 19.3 Å². The molecule has 0 aromatic heterocycles. The van der Waals surface area contributed by atoms with Crippen LogP contribution in [0, 0.1) is 11.8 Å². The second-order valence-corrected chi connectivity index (χ2v) is 6.15. The van der Waals surface area contributed by atoms with Crippen LogP contribution in [0.1, 0.15) is 25.3 Å². The summed E-state index contributed by atoms with van der Waals surface area (Å²) in [5.41, 5.74) is 0.519. The topological polar surface area (TPSA) is 60.3 Å². The van der Waals surface area contributed by atoms with Crippen LogP contribution in [-0.4, -0.2) is 49.2 Å². The van der Waals surface area contributed by atoms with Gasteiger partial charge in [-0.15, -0.1) is 12.6 Å². The molecule has 0 amide bonds. The van der Waals surface area contributed by atoms with E-state index < -0.39 is 5.60 Å². The molecule has 1 saturated heterocycles. The predicted molar refractivity (Wildman–Crippen MR) is 97.3 cm³/mol. The average molecular weight is 349 g/mol. The van der Waals surface area contributed by atoms with Crippen LogP contribution >= 0.6 is 12.6 Å². The number of hydrogen-bond acceptors (Lipinski definition) is 6. The Kier molecular flexibility index (Phi) is 6.55. The summed E-state index contributed by atoms with van der Waals surface area (Å²) in [7, 11) is 3.33. The molecule has 1 aliphatic rings. The van der Waals surface area contributed by atoms with Crippen molar-refractivity contribution in [2.75, 3.05) is 27.4 Å². The van der Waals surface area contributed by atoms with Crippen molar-refractivity contribution in [2.45, 2.75) is 30.8 Å². The minimum absolute atomic E-state index is 0.155. The van der Waals surface area contributed by atoms with Crippen molar-refractivity contribution in [3.05, 3.63) is 23.8 Å². The van der Waals surface area contributed by atoms with E-state index in [0.717, 1.165) is 11.3 Å². The lowest BCUT2D eigenvalue weighted by Gasteiger charge is -2.30. The molecule has 1 N–H and O–H groups in total. The van der Waals surface area contributed by atoms with Crippen molar-refractivity contribution in [2.24, 2.45) is 4.99 Å². The van der Waals surface area contributed by atoms with Gasteiger partial charge in [0.25, 0.3) is 0 Å².